The van der Waals surface area contributed by atoms with E-state index in [9.17, 15) is 19.8 Å². The van der Waals surface area contributed by atoms with Crippen LogP contribution in [0.25, 0.3) is 16.8 Å². The number of aromatic amines is 1. The van der Waals surface area contributed by atoms with Gasteiger partial charge in [-0.05, 0) is 56.2 Å². The molecule has 8 nitrogen and oxygen atoms in total. The van der Waals surface area contributed by atoms with E-state index < -0.39 is 11.5 Å². The van der Waals surface area contributed by atoms with Gasteiger partial charge in [-0.2, -0.15) is 0 Å². The Morgan fingerprint density at radius 2 is 1.52 bits per heavy atom. The Labute approximate surface area is 189 Å². The molecule has 4 rings (SSSR count). The van der Waals surface area contributed by atoms with Crippen LogP contribution in [0.4, 0.5) is 11.4 Å². The summed E-state index contributed by atoms with van der Waals surface area (Å²) in [6, 6.07) is 16.9. The monoisotopic (exact) mass is 442 g/mol. The summed E-state index contributed by atoms with van der Waals surface area (Å²) in [5, 5.41) is 31.3. The van der Waals surface area contributed by atoms with E-state index in [2.05, 4.69) is 15.3 Å². The van der Waals surface area contributed by atoms with Gasteiger partial charge in [-0.1, -0.05) is 36.4 Å². The van der Waals surface area contributed by atoms with Gasteiger partial charge in [0.15, 0.2) is 5.69 Å². The van der Waals surface area contributed by atoms with E-state index in [0.717, 1.165) is 11.1 Å². The molecule has 0 saturated heterocycles. The van der Waals surface area contributed by atoms with Crippen LogP contribution < -0.4 is 5.56 Å². The highest BCUT2D eigenvalue weighted by molar-refractivity contribution is 5.98. The number of hydrogen-bond donors (Lipinski definition) is 3. The van der Waals surface area contributed by atoms with Crippen LogP contribution in [0, 0.1) is 20.8 Å². The summed E-state index contributed by atoms with van der Waals surface area (Å²) in [6.07, 6.45) is 0. The molecule has 0 aliphatic heterocycles. The van der Waals surface area contributed by atoms with Gasteiger partial charge >= 0.3 is 5.97 Å². The average molecular weight is 442 g/mol. The van der Waals surface area contributed by atoms with Gasteiger partial charge in [-0.3, -0.25) is 9.89 Å². The minimum absolute atomic E-state index is 0.0218. The zero-order valence-electron chi connectivity index (χ0n) is 18.3. The van der Waals surface area contributed by atoms with Crippen LogP contribution in [-0.4, -0.2) is 26.0 Å². The lowest BCUT2D eigenvalue weighted by molar-refractivity contribution is 0.0697. The third-order valence-electron chi connectivity index (χ3n) is 5.22. The van der Waals surface area contributed by atoms with Crippen LogP contribution in [0.1, 0.15) is 27.2 Å². The number of nitrogens with zero attached hydrogens (tertiary/aromatic N) is 3. The van der Waals surface area contributed by atoms with Crippen molar-refractivity contribution in [3.8, 4) is 22.6 Å². The number of phenolic OH excluding ortho intramolecular Hbond substituents is 1. The summed E-state index contributed by atoms with van der Waals surface area (Å²) in [4.78, 5) is 24.9. The maximum absolute atomic E-state index is 13.1. The summed E-state index contributed by atoms with van der Waals surface area (Å²) in [5.74, 6) is -1.22. The molecule has 0 unspecified atom stereocenters. The maximum Gasteiger partial charge on any atom is 0.337 e. The third kappa shape index (κ3) is 4.18. The van der Waals surface area contributed by atoms with Gasteiger partial charge in [-0.25, -0.2) is 9.48 Å². The van der Waals surface area contributed by atoms with Crippen LogP contribution in [0.5, 0.6) is 5.75 Å². The van der Waals surface area contributed by atoms with Gasteiger partial charge in [0.05, 0.1) is 16.9 Å². The highest BCUT2D eigenvalue weighted by Gasteiger charge is 2.18. The zero-order chi connectivity index (χ0) is 23.7. The average Bonchev–Trinajstić information content (AvgIpc) is 3.05. The number of carbonyl (C=O) groups is 1. The minimum atomic E-state index is -1.19. The number of aryl methyl sites for hydroxylation is 3. The van der Waals surface area contributed by atoms with Crippen LogP contribution in [0.3, 0.4) is 0 Å². The topological polar surface area (TPSA) is 120 Å². The van der Waals surface area contributed by atoms with Crippen LogP contribution >= 0.6 is 0 Å². The van der Waals surface area contributed by atoms with Crippen molar-refractivity contribution >= 4 is 17.3 Å². The molecule has 1 heterocycles. The highest BCUT2D eigenvalue weighted by Crippen LogP contribution is 2.38. The van der Waals surface area contributed by atoms with Gasteiger partial charge in [0.2, 0.25) is 0 Å². The van der Waals surface area contributed by atoms with Crippen molar-refractivity contribution in [3.05, 3.63) is 93.4 Å². The van der Waals surface area contributed by atoms with Gasteiger partial charge < -0.3 is 10.2 Å². The van der Waals surface area contributed by atoms with Gasteiger partial charge in [0.25, 0.3) is 5.56 Å². The number of azo groups is 1. The van der Waals surface area contributed by atoms with Crippen molar-refractivity contribution in [2.75, 3.05) is 0 Å². The number of phenols is 1. The Hall–Kier alpha value is -4.46. The molecule has 0 spiro atoms. The largest absolute Gasteiger partial charge is 0.507 e. The van der Waals surface area contributed by atoms with E-state index in [1.165, 1.54) is 16.8 Å². The lowest BCUT2D eigenvalue weighted by Gasteiger charge is -2.09. The fourth-order valence-corrected chi connectivity index (χ4v) is 3.76. The number of aromatic carboxylic acids is 1. The predicted molar refractivity (Wildman–Crippen MR) is 125 cm³/mol. The first-order valence-corrected chi connectivity index (χ1v) is 10.2. The molecule has 0 bridgehead atoms. The Morgan fingerprint density at radius 3 is 2.18 bits per heavy atom. The molecule has 0 saturated carbocycles. The van der Waals surface area contributed by atoms with Crippen molar-refractivity contribution in [2.45, 2.75) is 20.8 Å². The molecule has 0 amide bonds. The third-order valence-corrected chi connectivity index (χ3v) is 5.22. The molecule has 166 valence electrons. The number of carboxylic acid groups (broad SMARTS) is 1. The Balaban J connectivity index is 1.86. The number of rotatable bonds is 5. The Kier molecular flexibility index (Phi) is 5.66. The molecule has 33 heavy (non-hydrogen) atoms. The molecule has 3 aromatic carbocycles. The minimum Gasteiger partial charge on any atom is -0.507 e. The molecule has 1 aromatic heterocycles. The maximum atomic E-state index is 13.1. The molecule has 8 heteroatoms. The first-order chi connectivity index (χ1) is 15.8. The molecule has 3 N–H and O–H groups in total. The lowest BCUT2D eigenvalue weighted by atomic mass is 9.99. The van der Waals surface area contributed by atoms with Gasteiger partial charge in [-0.15, -0.1) is 10.2 Å². The van der Waals surface area contributed by atoms with E-state index in [1.807, 2.05) is 32.0 Å². The Morgan fingerprint density at radius 1 is 0.879 bits per heavy atom. The fraction of sp³-hybridized carbons (Fsp3) is 0.120. The molecule has 0 atom stereocenters. The van der Waals surface area contributed by atoms with Crippen molar-refractivity contribution in [1.29, 1.82) is 0 Å². The van der Waals surface area contributed by atoms with Crippen LogP contribution in [-0.2, 0) is 0 Å². The Bertz CT molecular complexity index is 1440. The van der Waals surface area contributed by atoms with E-state index in [1.54, 1.807) is 37.3 Å². The van der Waals surface area contributed by atoms with Crippen molar-refractivity contribution in [3.63, 3.8) is 0 Å². The number of hydrogen-bond acceptors (Lipinski definition) is 5. The predicted octanol–water partition coefficient (Wildman–Crippen LogP) is 5.58. The number of aromatic hydroxyl groups is 1. The number of H-pyrrole nitrogens is 1. The van der Waals surface area contributed by atoms with E-state index in [4.69, 9.17) is 0 Å². The van der Waals surface area contributed by atoms with Gasteiger partial charge in [0.1, 0.15) is 11.4 Å². The van der Waals surface area contributed by atoms with Gasteiger partial charge in [0, 0.05) is 11.1 Å². The van der Waals surface area contributed by atoms with E-state index >= 15 is 0 Å². The number of nitrogens with one attached hydrogen (secondary N) is 1. The smallest absolute Gasteiger partial charge is 0.337 e. The van der Waals surface area contributed by atoms with E-state index in [-0.39, 0.29) is 22.7 Å². The molecule has 0 aliphatic rings. The summed E-state index contributed by atoms with van der Waals surface area (Å²) >= 11 is 0. The number of carboxylic acids is 1. The summed E-state index contributed by atoms with van der Waals surface area (Å²) in [5.41, 5.74) is 3.59. The molecular weight excluding hydrogens is 420 g/mol. The van der Waals surface area contributed by atoms with Crippen LogP contribution in [0.2, 0.25) is 0 Å². The first kappa shape index (κ1) is 21.8. The lowest BCUT2D eigenvalue weighted by Crippen LogP contribution is -2.14. The summed E-state index contributed by atoms with van der Waals surface area (Å²) < 4.78 is 1.39. The highest BCUT2D eigenvalue weighted by atomic mass is 16.4. The molecule has 0 fully saturated rings. The number of aromatic nitrogens is 2. The fourth-order valence-electron chi connectivity index (χ4n) is 3.76. The van der Waals surface area contributed by atoms with Crippen molar-refractivity contribution in [2.24, 2.45) is 10.2 Å². The molecular formula is C25H22N4O4. The van der Waals surface area contributed by atoms with Crippen LogP contribution in [0.15, 0.2) is 75.7 Å². The number of benzene rings is 3. The van der Waals surface area contributed by atoms with Crippen molar-refractivity contribution in [1.82, 2.24) is 9.78 Å². The number of para-hydroxylation sites is 1. The summed E-state index contributed by atoms with van der Waals surface area (Å²) in [7, 11) is 0. The molecule has 4 aromatic rings. The normalized spacial score (nSPS) is 11.2. The second-order valence-electron chi connectivity index (χ2n) is 7.80. The molecule has 0 aliphatic carbocycles. The second-order valence-corrected chi connectivity index (χ2v) is 7.80. The zero-order valence-corrected chi connectivity index (χ0v) is 18.3. The second kappa shape index (κ2) is 8.58. The van der Waals surface area contributed by atoms with Crippen molar-refractivity contribution < 1.29 is 15.0 Å². The summed E-state index contributed by atoms with van der Waals surface area (Å²) in [6.45, 7) is 5.59. The van der Waals surface area contributed by atoms with E-state index in [0.29, 0.717) is 22.5 Å². The SMILES string of the molecule is Cc1cc(C)cc(-n2[nH]c(C)c(N=Nc3c(C(=O)O)cccc3-c3ccccc3O)c2=O)c1. The standard InChI is InChI=1S/C25H22N4O4/c1-14-11-15(2)13-17(12-14)29-24(31)22(16(3)28-29)26-27-23-19(8-6-9-20(23)25(32)33)18-7-4-5-10-21(18)30/h4-13,28,30H,1-3H3,(H,32,33). The molecule has 0 radical (unpaired) electrons. The quantitative estimate of drug-likeness (QED) is 0.350. The first-order valence-electron chi connectivity index (χ1n) is 10.2.